The van der Waals surface area contributed by atoms with Gasteiger partial charge in [0.05, 0.1) is 0 Å². The summed E-state index contributed by atoms with van der Waals surface area (Å²) in [7, 11) is 8.23. The Labute approximate surface area is 196 Å². The fourth-order valence-electron chi connectivity index (χ4n) is 4.99. The van der Waals surface area contributed by atoms with Crippen molar-refractivity contribution >= 4 is 23.2 Å². The molecule has 2 aliphatic carbocycles. The lowest BCUT2D eigenvalue weighted by molar-refractivity contribution is 0.0849. The fraction of sp³-hybridized carbons (Fsp3) is 0.357. The zero-order valence-corrected chi connectivity index (χ0v) is 19.9. The number of hydrogen-bond acceptors (Lipinski definition) is 4. The minimum absolute atomic E-state index is 0.148. The highest BCUT2D eigenvalue weighted by atomic mass is 16.1. The van der Waals surface area contributed by atoms with Gasteiger partial charge in [-0.1, -0.05) is 42.8 Å². The molecular weight excluding hydrogens is 408 g/mol. The monoisotopic (exact) mass is 440 g/mol. The van der Waals surface area contributed by atoms with E-state index in [9.17, 15) is 4.79 Å². The van der Waals surface area contributed by atoms with E-state index in [2.05, 4.69) is 109 Å². The van der Waals surface area contributed by atoms with Crippen molar-refractivity contribution in [2.45, 2.75) is 31.1 Å². The van der Waals surface area contributed by atoms with Crippen molar-refractivity contribution in [1.29, 1.82) is 0 Å². The number of rotatable bonds is 6. The highest BCUT2D eigenvalue weighted by Crippen LogP contribution is 2.43. The van der Waals surface area contributed by atoms with Crippen LogP contribution in [0.2, 0.25) is 0 Å². The largest absolute Gasteiger partial charge is 0.378 e. The lowest BCUT2D eigenvalue weighted by Gasteiger charge is -2.35. The van der Waals surface area contributed by atoms with Crippen molar-refractivity contribution in [3.05, 3.63) is 82.7 Å². The van der Waals surface area contributed by atoms with E-state index < -0.39 is 0 Å². The predicted molar refractivity (Wildman–Crippen MR) is 135 cm³/mol. The van der Waals surface area contributed by atoms with Crippen LogP contribution in [-0.2, 0) is 11.8 Å². The molecule has 1 N–H and O–H groups in total. The van der Waals surface area contributed by atoms with Gasteiger partial charge >= 0.3 is 0 Å². The van der Waals surface area contributed by atoms with E-state index in [0.717, 1.165) is 36.9 Å². The van der Waals surface area contributed by atoms with Crippen molar-refractivity contribution in [2.75, 3.05) is 38.0 Å². The number of benzene rings is 2. The summed E-state index contributed by atoms with van der Waals surface area (Å²) in [6, 6.07) is 17.6. The number of aromatic nitrogens is 2. The number of nitrogens with one attached hydrogen (secondary N) is 1. The van der Waals surface area contributed by atoms with Gasteiger partial charge < -0.3 is 9.80 Å². The molecule has 2 aliphatic rings. The zero-order valence-electron chi connectivity index (χ0n) is 19.9. The van der Waals surface area contributed by atoms with Crippen LogP contribution in [0.25, 0.3) is 6.08 Å². The molecule has 2 aromatic carbocycles. The molecule has 0 bridgehead atoms. The van der Waals surface area contributed by atoms with Crippen LogP contribution < -0.4 is 9.80 Å². The number of anilines is 2. The molecule has 0 saturated heterocycles. The second kappa shape index (κ2) is 8.22. The summed E-state index contributed by atoms with van der Waals surface area (Å²) in [5.74, 6) is 0.344. The van der Waals surface area contributed by atoms with E-state index in [4.69, 9.17) is 0 Å². The SMILES string of the molecule is CN(C)c1ccc(C2(c3ccc(N(C)C)cc3)C=Cc3c(C(=O)C4CCC4)n[nH]c3C2)cc1. The van der Waals surface area contributed by atoms with Crippen LogP contribution in [0.15, 0.2) is 54.6 Å². The van der Waals surface area contributed by atoms with E-state index >= 15 is 0 Å². The second-order valence-corrected chi connectivity index (χ2v) is 9.82. The summed E-state index contributed by atoms with van der Waals surface area (Å²) in [5.41, 5.74) is 7.10. The van der Waals surface area contributed by atoms with Crippen molar-refractivity contribution in [1.82, 2.24) is 10.2 Å². The average molecular weight is 441 g/mol. The number of allylic oxidation sites excluding steroid dienone is 1. The van der Waals surface area contributed by atoms with E-state index in [0.29, 0.717) is 5.69 Å². The molecule has 1 saturated carbocycles. The maximum absolute atomic E-state index is 12.9. The molecule has 0 amide bonds. The zero-order chi connectivity index (χ0) is 23.2. The lowest BCUT2D eigenvalue weighted by atomic mass is 9.68. The number of carbonyl (C=O) groups excluding carboxylic acids is 1. The Morgan fingerprint density at radius 1 is 0.909 bits per heavy atom. The van der Waals surface area contributed by atoms with Crippen LogP contribution in [0, 0.1) is 5.92 Å². The van der Waals surface area contributed by atoms with Crippen LogP contribution in [0.5, 0.6) is 0 Å². The van der Waals surface area contributed by atoms with E-state index in [1.165, 1.54) is 22.5 Å². The molecule has 170 valence electrons. The number of aromatic amines is 1. The molecule has 3 aromatic rings. The minimum atomic E-state index is -0.327. The quantitative estimate of drug-likeness (QED) is 0.543. The van der Waals surface area contributed by atoms with Gasteiger partial charge in [-0.2, -0.15) is 5.10 Å². The summed E-state index contributed by atoms with van der Waals surface area (Å²) in [6.07, 6.45) is 8.26. The second-order valence-electron chi connectivity index (χ2n) is 9.82. The molecule has 0 atom stereocenters. The molecule has 1 fully saturated rings. The molecule has 33 heavy (non-hydrogen) atoms. The average Bonchev–Trinajstić information content (AvgIpc) is 3.21. The number of ketones is 1. The van der Waals surface area contributed by atoms with E-state index in [-0.39, 0.29) is 17.1 Å². The highest BCUT2D eigenvalue weighted by molar-refractivity contribution is 6.00. The first kappa shape index (κ1) is 21.5. The summed E-state index contributed by atoms with van der Waals surface area (Å²) >= 11 is 0. The van der Waals surface area contributed by atoms with Crippen molar-refractivity contribution < 1.29 is 4.79 Å². The number of hydrogen-bond donors (Lipinski definition) is 1. The number of H-pyrrole nitrogens is 1. The molecule has 1 heterocycles. The van der Waals surface area contributed by atoms with Gasteiger partial charge in [0, 0.05) is 68.6 Å². The van der Waals surface area contributed by atoms with Crippen molar-refractivity contribution in [3.63, 3.8) is 0 Å². The molecule has 0 radical (unpaired) electrons. The highest BCUT2D eigenvalue weighted by Gasteiger charge is 2.38. The standard InChI is InChI=1S/C28H32N4O/c1-31(2)22-12-8-20(9-13-22)28(21-10-14-23(15-11-21)32(3)4)17-16-24-25(18-28)29-30-26(24)27(33)19-6-5-7-19/h8-17,19H,5-7,18H2,1-4H3,(H,29,30). The van der Waals surface area contributed by atoms with Gasteiger partial charge in [0.25, 0.3) is 0 Å². The third-order valence-electron chi connectivity index (χ3n) is 7.38. The third-order valence-corrected chi connectivity index (χ3v) is 7.38. The summed E-state index contributed by atoms with van der Waals surface area (Å²) in [6.45, 7) is 0. The number of carbonyl (C=O) groups is 1. The maximum atomic E-state index is 12.9. The van der Waals surface area contributed by atoms with Gasteiger partial charge in [-0.15, -0.1) is 0 Å². The Hall–Kier alpha value is -3.34. The first-order chi connectivity index (χ1) is 15.9. The molecule has 1 aromatic heterocycles. The van der Waals surface area contributed by atoms with Gasteiger partial charge in [-0.05, 0) is 48.2 Å². The van der Waals surface area contributed by atoms with Crippen LogP contribution >= 0.6 is 0 Å². The van der Waals surface area contributed by atoms with Crippen LogP contribution in [-0.4, -0.2) is 44.2 Å². The summed E-state index contributed by atoms with van der Waals surface area (Å²) < 4.78 is 0. The smallest absolute Gasteiger partial charge is 0.186 e. The Balaban J connectivity index is 1.58. The third kappa shape index (κ3) is 3.65. The Morgan fingerprint density at radius 3 is 1.91 bits per heavy atom. The molecule has 5 nitrogen and oxygen atoms in total. The Bertz CT molecular complexity index is 1130. The van der Waals surface area contributed by atoms with Gasteiger partial charge in [-0.25, -0.2) is 0 Å². The predicted octanol–water partition coefficient (Wildman–Crippen LogP) is 5.08. The molecule has 0 aliphatic heterocycles. The number of fused-ring (bicyclic) bond motifs is 1. The summed E-state index contributed by atoms with van der Waals surface area (Å²) in [5, 5.41) is 7.71. The topological polar surface area (TPSA) is 52.2 Å². The first-order valence-corrected chi connectivity index (χ1v) is 11.8. The van der Waals surface area contributed by atoms with Crippen LogP contribution in [0.1, 0.15) is 52.1 Å². The van der Waals surface area contributed by atoms with Crippen molar-refractivity contribution in [3.8, 4) is 0 Å². The Kier molecular flexibility index (Phi) is 5.35. The Morgan fingerprint density at radius 2 is 1.45 bits per heavy atom. The molecule has 5 rings (SSSR count). The number of Topliss-reactive ketones (excluding diaryl/α,β-unsaturated/α-hetero) is 1. The van der Waals surface area contributed by atoms with Gasteiger partial charge in [-0.3, -0.25) is 9.89 Å². The molecule has 5 heteroatoms. The van der Waals surface area contributed by atoms with Gasteiger partial charge in [0.15, 0.2) is 5.78 Å². The maximum Gasteiger partial charge on any atom is 0.186 e. The van der Waals surface area contributed by atoms with E-state index in [1.807, 2.05) is 0 Å². The number of nitrogens with zero attached hydrogens (tertiary/aromatic N) is 3. The summed E-state index contributed by atoms with van der Waals surface area (Å²) in [4.78, 5) is 17.2. The fourth-order valence-corrected chi connectivity index (χ4v) is 4.99. The minimum Gasteiger partial charge on any atom is -0.378 e. The van der Waals surface area contributed by atoms with Crippen molar-refractivity contribution in [2.24, 2.45) is 5.92 Å². The molecule has 0 spiro atoms. The molecular formula is C28H32N4O. The van der Waals surface area contributed by atoms with E-state index in [1.54, 1.807) is 0 Å². The lowest BCUT2D eigenvalue weighted by Crippen LogP contribution is -2.31. The van der Waals surface area contributed by atoms with Gasteiger partial charge in [0.1, 0.15) is 5.69 Å². The normalized spacial score (nSPS) is 16.7. The van der Waals surface area contributed by atoms with Crippen LogP contribution in [0.3, 0.4) is 0 Å². The van der Waals surface area contributed by atoms with Crippen LogP contribution in [0.4, 0.5) is 11.4 Å². The molecule has 0 unspecified atom stereocenters. The van der Waals surface area contributed by atoms with Gasteiger partial charge in [0.2, 0.25) is 0 Å². The first-order valence-electron chi connectivity index (χ1n) is 11.8.